The minimum Gasteiger partial charge on any atom is -0.338 e. The van der Waals surface area contributed by atoms with Crippen LogP contribution in [-0.2, 0) is 0 Å². The third kappa shape index (κ3) is 3.34. The Hall–Kier alpha value is -1.92. The Bertz CT molecular complexity index is 618. The Labute approximate surface area is 121 Å². The number of nitrogens with two attached hydrogens (primary N) is 1. The van der Waals surface area contributed by atoms with Crippen molar-refractivity contribution in [3.05, 3.63) is 40.9 Å². The summed E-state index contributed by atoms with van der Waals surface area (Å²) in [7, 11) is 0. The molecule has 0 aliphatic carbocycles. The maximum Gasteiger partial charge on any atom is 0.148 e. The maximum absolute atomic E-state index is 13.7. The molecule has 20 heavy (non-hydrogen) atoms. The van der Waals surface area contributed by atoms with E-state index in [1.54, 1.807) is 18.2 Å². The minimum atomic E-state index is -0.454. The van der Waals surface area contributed by atoms with Crippen molar-refractivity contribution in [3.63, 3.8) is 0 Å². The Morgan fingerprint density at radius 1 is 1.20 bits per heavy atom. The minimum absolute atomic E-state index is 0.124. The normalized spacial score (nSPS) is 10.7. The Morgan fingerprint density at radius 3 is 2.50 bits per heavy atom. The van der Waals surface area contributed by atoms with Crippen LogP contribution in [0.3, 0.4) is 0 Å². The number of hydrogen-bond donors (Lipinski definition) is 3. The molecule has 0 radical (unpaired) electrons. The summed E-state index contributed by atoms with van der Waals surface area (Å²) in [5, 5.41) is 3.23. The summed E-state index contributed by atoms with van der Waals surface area (Å²) in [4.78, 5) is 8.55. The molecular weight excluding hydrogens is 281 g/mol. The molecule has 0 aliphatic rings. The van der Waals surface area contributed by atoms with E-state index in [9.17, 15) is 4.39 Å². The van der Waals surface area contributed by atoms with Gasteiger partial charge in [-0.25, -0.2) is 20.2 Å². The molecule has 1 aromatic heterocycles. The Morgan fingerprint density at radius 2 is 1.90 bits per heavy atom. The summed E-state index contributed by atoms with van der Waals surface area (Å²) < 4.78 is 13.7. The Kier molecular flexibility index (Phi) is 4.36. The van der Waals surface area contributed by atoms with Gasteiger partial charge in [0, 0.05) is 17.0 Å². The van der Waals surface area contributed by atoms with Gasteiger partial charge in [0.2, 0.25) is 0 Å². The predicted molar refractivity (Wildman–Crippen MR) is 78.6 cm³/mol. The predicted octanol–water partition coefficient (Wildman–Crippen LogP) is 3.42. The first-order valence-corrected chi connectivity index (χ1v) is 6.45. The number of halogens is 2. The first kappa shape index (κ1) is 14.5. The van der Waals surface area contributed by atoms with Gasteiger partial charge in [-0.15, -0.1) is 0 Å². The number of aromatic nitrogens is 2. The van der Waals surface area contributed by atoms with Crippen molar-refractivity contribution in [2.75, 3.05) is 10.7 Å². The highest BCUT2D eigenvalue weighted by Crippen LogP contribution is 2.24. The second-order valence-electron chi connectivity index (χ2n) is 4.54. The van der Waals surface area contributed by atoms with Crippen LogP contribution in [0, 0.1) is 5.82 Å². The van der Waals surface area contributed by atoms with Gasteiger partial charge in [-0.2, -0.15) is 0 Å². The van der Waals surface area contributed by atoms with E-state index in [4.69, 9.17) is 17.4 Å². The lowest BCUT2D eigenvalue weighted by Gasteiger charge is -2.12. The molecule has 4 N–H and O–H groups in total. The summed E-state index contributed by atoms with van der Waals surface area (Å²) >= 11 is 5.71. The standard InChI is InChI=1S/C13H15ClFN5/c1-7(2)13-18-11(6-12(19-13)20-16)17-10-4-3-8(14)5-9(10)15/h3-7H,16H2,1-2H3,(H2,17,18,19,20). The molecule has 2 aromatic rings. The van der Waals surface area contributed by atoms with Crippen LogP contribution >= 0.6 is 11.6 Å². The molecule has 5 nitrogen and oxygen atoms in total. The summed E-state index contributed by atoms with van der Waals surface area (Å²) in [6.07, 6.45) is 0. The van der Waals surface area contributed by atoms with Gasteiger partial charge < -0.3 is 10.7 Å². The molecule has 0 saturated carbocycles. The highest BCUT2D eigenvalue weighted by atomic mass is 35.5. The van der Waals surface area contributed by atoms with Gasteiger partial charge in [-0.05, 0) is 18.2 Å². The average molecular weight is 296 g/mol. The SMILES string of the molecule is CC(C)c1nc(NN)cc(Nc2ccc(Cl)cc2F)n1. The number of hydrogen-bond acceptors (Lipinski definition) is 5. The van der Waals surface area contributed by atoms with Gasteiger partial charge in [-0.3, -0.25) is 0 Å². The third-order valence-corrected chi connectivity index (χ3v) is 2.84. The number of benzene rings is 1. The van der Waals surface area contributed by atoms with Crippen LogP contribution in [0.2, 0.25) is 5.02 Å². The van der Waals surface area contributed by atoms with Gasteiger partial charge in [0.05, 0.1) is 5.69 Å². The second kappa shape index (κ2) is 6.02. The molecule has 0 fully saturated rings. The van der Waals surface area contributed by atoms with Crippen molar-refractivity contribution in [2.45, 2.75) is 19.8 Å². The average Bonchev–Trinajstić information content (AvgIpc) is 2.41. The molecule has 0 unspecified atom stereocenters. The third-order valence-electron chi connectivity index (χ3n) is 2.60. The zero-order chi connectivity index (χ0) is 14.7. The number of anilines is 3. The molecule has 0 bridgehead atoms. The lowest BCUT2D eigenvalue weighted by molar-refractivity contribution is 0.632. The van der Waals surface area contributed by atoms with Crippen LogP contribution in [0.4, 0.5) is 21.7 Å². The van der Waals surface area contributed by atoms with E-state index < -0.39 is 5.82 Å². The highest BCUT2D eigenvalue weighted by Gasteiger charge is 2.09. The van der Waals surface area contributed by atoms with Gasteiger partial charge in [0.1, 0.15) is 23.3 Å². The van der Waals surface area contributed by atoms with Crippen LogP contribution in [0.15, 0.2) is 24.3 Å². The van der Waals surface area contributed by atoms with E-state index >= 15 is 0 Å². The second-order valence-corrected chi connectivity index (χ2v) is 4.98. The molecule has 1 heterocycles. The lowest BCUT2D eigenvalue weighted by Crippen LogP contribution is -2.12. The monoisotopic (exact) mass is 295 g/mol. The smallest absolute Gasteiger partial charge is 0.148 e. The van der Waals surface area contributed by atoms with Crippen molar-refractivity contribution in [3.8, 4) is 0 Å². The van der Waals surface area contributed by atoms with Gasteiger partial charge in [-0.1, -0.05) is 25.4 Å². The summed E-state index contributed by atoms with van der Waals surface area (Å²) in [5.74, 6) is 6.56. The summed E-state index contributed by atoms with van der Waals surface area (Å²) in [5.41, 5.74) is 2.75. The lowest BCUT2D eigenvalue weighted by atomic mass is 10.2. The van der Waals surface area contributed by atoms with Crippen molar-refractivity contribution >= 4 is 28.9 Å². The largest absolute Gasteiger partial charge is 0.338 e. The number of hydrazine groups is 1. The maximum atomic E-state index is 13.7. The molecule has 0 atom stereocenters. The van der Waals surface area contributed by atoms with E-state index in [0.29, 0.717) is 22.5 Å². The van der Waals surface area contributed by atoms with E-state index in [1.165, 1.54) is 6.07 Å². The summed E-state index contributed by atoms with van der Waals surface area (Å²) in [6, 6.07) is 5.97. The molecule has 7 heteroatoms. The van der Waals surface area contributed by atoms with Crippen LogP contribution in [-0.4, -0.2) is 9.97 Å². The quantitative estimate of drug-likeness (QED) is 0.595. The molecule has 0 amide bonds. The van der Waals surface area contributed by atoms with Crippen molar-refractivity contribution in [1.29, 1.82) is 0 Å². The highest BCUT2D eigenvalue weighted by molar-refractivity contribution is 6.30. The molecular formula is C13H15ClFN5. The van der Waals surface area contributed by atoms with Crippen LogP contribution in [0.1, 0.15) is 25.6 Å². The fourth-order valence-corrected chi connectivity index (χ4v) is 1.75. The molecule has 2 rings (SSSR count). The number of nitrogen functional groups attached to an aromatic ring is 1. The molecule has 106 valence electrons. The molecule has 0 spiro atoms. The van der Waals surface area contributed by atoms with Crippen LogP contribution in [0.25, 0.3) is 0 Å². The van der Waals surface area contributed by atoms with Crippen molar-refractivity contribution < 1.29 is 4.39 Å². The fraction of sp³-hybridized carbons (Fsp3) is 0.231. The van der Waals surface area contributed by atoms with Crippen molar-refractivity contribution in [1.82, 2.24) is 9.97 Å². The van der Waals surface area contributed by atoms with Gasteiger partial charge >= 0.3 is 0 Å². The first-order valence-electron chi connectivity index (χ1n) is 6.07. The van der Waals surface area contributed by atoms with E-state index in [-0.39, 0.29) is 11.6 Å². The molecule has 0 saturated heterocycles. The number of nitrogens with zero attached hydrogens (tertiary/aromatic N) is 2. The fourth-order valence-electron chi connectivity index (χ4n) is 1.59. The van der Waals surface area contributed by atoms with Gasteiger partial charge in [0.15, 0.2) is 0 Å². The van der Waals surface area contributed by atoms with Crippen LogP contribution < -0.4 is 16.6 Å². The number of rotatable bonds is 4. The molecule has 1 aromatic carbocycles. The Balaban J connectivity index is 2.34. The van der Waals surface area contributed by atoms with E-state index in [2.05, 4.69) is 20.7 Å². The number of nitrogens with one attached hydrogen (secondary N) is 2. The topological polar surface area (TPSA) is 75.9 Å². The van der Waals surface area contributed by atoms with Crippen molar-refractivity contribution in [2.24, 2.45) is 5.84 Å². The molecule has 0 aliphatic heterocycles. The van der Waals surface area contributed by atoms with E-state index in [1.807, 2.05) is 13.8 Å². The van der Waals surface area contributed by atoms with Gasteiger partial charge in [0.25, 0.3) is 0 Å². The van der Waals surface area contributed by atoms with E-state index in [0.717, 1.165) is 0 Å². The zero-order valence-electron chi connectivity index (χ0n) is 11.1. The zero-order valence-corrected chi connectivity index (χ0v) is 11.9. The summed E-state index contributed by atoms with van der Waals surface area (Å²) in [6.45, 7) is 3.92. The first-order chi connectivity index (χ1) is 9.49. The van der Waals surface area contributed by atoms with Crippen LogP contribution in [0.5, 0.6) is 0 Å².